The van der Waals surface area contributed by atoms with Gasteiger partial charge in [-0.2, -0.15) is 5.10 Å². The van der Waals surface area contributed by atoms with E-state index in [-0.39, 0.29) is 0 Å². The lowest BCUT2D eigenvalue weighted by atomic mass is 10.1. The van der Waals surface area contributed by atoms with E-state index in [2.05, 4.69) is 20.1 Å². The monoisotopic (exact) mass is 401 g/mol. The fourth-order valence-corrected chi connectivity index (χ4v) is 4.48. The van der Waals surface area contributed by atoms with Crippen molar-refractivity contribution >= 4 is 11.0 Å². The number of H-pyrrole nitrogens is 2. The predicted molar refractivity (Wildman–Crippen MR) is 113 cm³/mol. The van der Waals surface area contributed by atoms with Gasteiger partial charge in [-0.15, -0.1) is 0 Å². The van der Waals surface area contributed by atoms with Gasteiger partial charge in [-0.1, -0.05) is 0 Å². The van der Waals surface area contributed by atoms with Gasteiger partial charge >= 0.3 is 0 Å². The molecule has 152 valence electrons. The summed E-state index contributed by atoms with van der Waals surface area (Å²) in [5.41, 5.74) is 4.02. The van der Waals surface area contributed by atoms with Crippen LogP contribution >= 0.6 is 0 Å². The van der Waals surface area contributed by atoms with Crippen molar-refractivity contribution in [1.29, 1.82) is 0 Å². The van der Waals surface area contributed by atoms with Crippen molar-refractivity contribution in [2.24, 2.45) is 0 Å². The number of nitrogens with one attached hydrogen (secondary N) is 2. The Kier molecular flexibility index (Phi) is 4.28. The highest BCUT2D eigenvalue weighted by Crippen LogP contribution is 2.29. The number of imidazole rings is 1. The Morgan fingerprint density at radius 1 is 1.00 bits per heavy atom. The van der Waals surface area contributed by atoms with Crippen molar-refractivity contribution in [3.05, 3.63) is 60.6 Å². The summed E-state index contributed by atoms with van der Waals surface area (Å²) in [4.78, 5) is 10.7. The van der Waals surface area contributed by atoms with Gasteiger partial charge in [0.2, 0.25) is 0 Å². The molecule has 2 aliphatic heterocycles. The van der Waals surface area contributed by atoms with E-state index in [1.807, 2.05) is 48.5 Å². The third kappa shape index (κ3) is 3.46. The molecule has 0 radical (unpaired) electrons. The molecule has 30 heavy (non-hydrogen) atoms. The zero-order chi connectivity index (χ0) is 19.9. The number of rotatable bonds is 5. The summed E-state index contributed by atoms with van der Waals surface area (Å²) >= 11 is 0. The maximum Gasteiger partial charge on any atom is 0.129 e. The highest BCUT2D eigenvalue weighted by atomic mass is 16.5. The number of benzene rings is 2. The molecule has 7 heteroatoms. The Balaban J connectivity index is 1.16. The first kappa shape index (κ1) is 17.7. The van der Waals surface area contributed by atoms with Crippen LogP contribution in [0.15, 0.2) is 54.7 Å². The first-order valence-corrected chi connectivity index (χ1v) is 10.4. The Morgan fingerprint density at radius 3 is 2.57 bits per heavy atom. The van der Waals surface area contributed by atoms with E-state index in [1.165, 1.54) is 12.8 Å². The number of hydrogen-bond acceptors (Lipinski definition) is 5. The zero-order valence-electron chi connectivity index (χ0n) is 16.5. The molecule has 0 saturated carbocycles. The maximum absolute atomic E-state index is 6.05. The molecule has 2 saturated heterocycles. The Morgan fingerprint density at radius 2 is 1.80 bits per heavy atom. The Bertz CT molecular complexity index is 1140. The van der Waals surface area contributed by atoms with Gasteiger partial charge in [-0.05, 0) is 60.9 Å². The normalized spacial score (nSPS) is 21.3. The fourth-order valence-electron chi connectivity index (χ4n) is 4.48. The zero-order valence-corrected chi connectivity index (χ0v) is 16.5. The van der Waals surface area contributed by atoms with E-state index in [4.69, 9.17) is 14.5 Å². The van der Waals surface area contributed by atoms with Gasteiger partial charge in [0.15, 0.2) is 0 Å². The van der Waals surface area contributed by atoms with E-state index in [1.54, 1.807) is 6.20 Å². The minimum Gasteiger partial charge on any atom is -0.457 e. The third-order valence-electron chi connectivity index (χ3n) is 5.90. The summed E-state index contributed by atoms with van der Waals surface area (Å²) < 4.78 is 12.0. The predicted octanol–water partition coefficient (Wildman–Crippen LogP) is 4.11. The van der Waals surface area contributed by atoms with Gasteiger partial charge in [-0.25, -0.2) is 4.98 Å². The maximum atomic E-state index is 6.05. The van der Waals surface area contributed by atoms with Gasteiger partial charge in [0.1, 0.15) is 17.3 Å². The molecule has 2 unspecified atom stereocenters. The molecule has 2 bridgehead atoms. The van der Waals surface area contributed by atoms with Crippen LogP contribution in [0.4, 0.5) is 0 Å². The Labute approximate surface area is 174 Å². The molecule has 2 aromatic heterocycles. The van der Waals surface area contributed by atoms with Crippen LogP contribution < -0.4 is 4.74 Å². The molecule has 2 aliphatic rings. The van der Waals surface area contributed by atoms with Crippen LogP contribution in [0, 0.1) is 0 Å². The van der Waals surface area contributed by atoms with Gasteiger partial charge in [0.05, 0.1) is 35.5 Å². The fraction of sp³-hybridized carbons (Fsp3) is 0.304. The summed E-state index contributed by atoms with van der Waals surface area (Å²) in [5.74, 6) is 2.57. The van der Waals surface area contributed by atoms with E-state index in [9.17, 15) is 0 Å². The molecule has 2 atom stereocenters. The largest absolute Gasteiger partial charge is 0.457 e. The van der Waals surface area contributed by atoms with Crippen LogP contribution in [0.5, 0.6) is 11.5 Å². The number of likely N-dealkylation sites (tertiary alicyclic amines) is 1. The average Bonchev–Trinajstić information content (AvgIpc) is 3.48. The van der Waals surface area contributed by atoms with Crippen molar-refractivity contribution < 1.29 is 9.47 Å². The second-order valence-electron chi connectivity index (χ2n) is 8.11. The summed E-state index contributed by atoms with van der Waals surface area (Å²) in [6, 6.07) is 15.9. The number of aromatic nitrogens is 4. The molecule has 2 fully saturated rings. The summed E-state index contributed by atoms with van der Waals surface area (Å²) in [5, 5.41) is 6.96. The van der Waals surface area contributed by atoms with Crippen LogP contribution in [-0.4, -0.2) is 50.4 Å². The smallest absolute Gasteiger partial charge is 0.129 e. The summed E-state index contributed by atoms with van der Waals surface area (Å²) in [6.07, 6.45) is 4.91. The lowest BCUT2D eigenvalue weighted by Crippen LogP contribution is -2.42. The number of fused-ring (bicyclic) bond motifs is 3. The van der Waals surface area contributed by atoms with Crippen LogP contribution in [0.2, 0.25) is 0 Å². The molecule has 4 aromatic rings. The average molecular weight is 401 g/mol. The second kappa shape index (κ2) is 7.27. The van der Waals surface area contributed by atoms with Crippen LogP contribution in [-0.2, 0) is 11.3 Å². The molecule has 6 rings (SSSR count). The number of ether oxygens (including phenoxy) is 2. The molecule has 0 spiro atoms. The molecule has 7 nitrogen and oxygen atoms in total. The lowest BCUT2D eigenvalue weighted by molar-refractivity contribution is -0.0416. The van der Waals surface area contributed by atoms with Crippen LogP contribution in [0.3, 0.4) is 0 Å². The third-order valence-corrected chi connectivity index (χ3v) is 5.90. The standard InChI is InChI=1S/C23H23N5O2/c1-3-16(4-2-15(1)20-9-10-24-27-20)29-17-7-8-21-22(11-17)26-23(25-21)14-28-12-18-5-6-19(13-28)30-18/h1-4,7-11,18-19H,5-6,12-14H2,(H,24,27)(H,25,26). The van der Waals surface area contributed by atoms with Crippen molar-refractivity contribution in [2.45, 2.75) is 31.6 Å². The molecule has 0 aliphatic carbocycles. The van der Waals surface area contributed by atoms with E-state index >= 15 is 0 Å². The number of nitrogens with zero attached hydrogens (tertiary/aromatic N) is 3. The van der Waals surface area contributed by atoms with Crippen molar-refractivity contribution in [2.75, 3.05) is 13.1 Å². The van der Waals surface area contributed by atoms with Crippen LogP contribution in [0.25, 0.3) is 22.3 Å². The van der Waals surface area contributed by atoms with Gasteiger partial charge in [0.25, 0.3) is 0 Å². The SMILES string of the molecule is c1cc(-c2ccc(Oc3ccc4nc(CN5CC6CCC(C5)O6)[nH]c4c3)cc2)[nH]n1. The van der Waals surface area contributed by atoms with E-state index in [0.29, 0.717) is 12.2 Å². The van der Waals surface area contributed by atoms with Crippen molar-refractivity contribution in [1.82, 2.24) is 25.1 Å². The minimum atomic E-state index is 0.396. The minimum absolute atomic E-state index is 0.396. The van der Waals surface area contributed by atoms with Crippen molar-refractivity contribution in [3.63, 3.8) is 0 Å². The van der Waals surface area contributed by atoms with E-state index < -0.39 is 0 Å². The topological polar surface area (TPSA) is 79.1 Å². The molecular weight excluding hydrogens is 378 g/mol. The molecule has 2 N–H and O–H groups in total. The molecular formula is C23H23N5O2. The first-order valence-electron chi connectivity index (χ1n) is 10.4. The highest BCUT2D eigenvalue weighted by Gasteiger charge is 2.33. The number of hydrogen-bond donors (Lipinski definition) is 2. The van der Waals surface area contributed by atoms with E-state index in [0.717, 1.165) is 59.2 Å². The van der Waals surface area contributed by atoms with Crippen LogP contribution in [0.1, 0.15) is 18.7 Å². The molecule has 0 amide bonds. The lowest BCUT2D eigenvalue weighted by Gasteiger charge is -2.31. The summed E-state index contributed by atoms with van der Waals surface area (Å²) in [7, 11) is 0. The molecule has 4 heterocycles. The molecule has 2 aromatic carbocycles. The summed E-state index contributed by atoms with van der Waals surface area (Å²) in [6.45, 7) is 2.82. The quantitative estimate of drug-likeness (QED) is 0.526. The Hall–Kier alpha value is -3.16. The highest BCUT2D eigenvalue weighted by molar-refractivity contribution is 5.77. The number of aromatic amines is 2. The second-order valence-corrected chi connectivity index (χ2v) is 8.11. The first-order chi connectivity index (χ1) is 14.8. The van der Waals surface area contributed by atoms with Crippen molar-refractivity contribution in [3.8, 4) is 22.8 Å². The van der Waals surface area contributed by atoms with Gasteiger partial charge < -0.3 is 14.5 Å². The van der Waals surface area contributed by atoms with Gasteiger partial charge in [0, 0.05) is 25.4 Å². The van der Waals surface area contributed by atoms with Gasteiger partial charge in [-0.3, -0.25) is 10.00 Å². The number of morpholine rings is 1.